The van der Waals surface area contributed by atoms with Crippen LogP contribution in [0.15, 0.2) is 4.52 Å². The van der Waals surface area contributed by atoms with E-state index in [9.17, 15) is 26.3 Å². The predicted octanol–water partition coefficient (Wildman–Crippen LogP) is 2.86. The summed E-state index contributed by atoms with van der Waals surface area (Å²) in [5.74, 6) is -5.77. The van der Waals surface area contributed by atoms with E-state index in [-0.39, 0.29) is 6.42 Å². The van der Waals surface area contributed by atoms with Crippen molar-refractivity contribution in [2.45, 2.75) is 44.1 Å². The van der Waals surface area contributed by atoms with Crippen molar-refractivity contribution in [3.63, 3.8) is 0 Å². The maximum atomic E-state index is 12.4. The van der Waals surface area contributed by atoms with Gasteiger partial charge in [0, 0.05) is 0 Å². The van der Waals surface area contributed by atoms with Gasteiger partial charge in [-0.05, 0) is 13.3 Å². The van der Waals surface area contributed by atoms with Gasteiger partial charge in [-0.2, -0.15) is 31.3 Å². The summed E-state index contributed by atoms with van der Waals surface area (Å²) in [5, 5.41) is 3.10. The van der Waals surface area contributed by atoms with Crippen LogP contribution >= 0.6 is 0 Å². The summed E-state index contributed by atoms with van der Waals surface area (Å²) in [4.78, 5) is 3.14. The van der Waals surface area contributed by atoms with Crippen molar-refractivity contribution in [1.29, 1.82) is 0 Å². The summed E-state index contributed by atoms with van der Waals surface area (Å²) in [6.45, 7) is 2.96. The first-order valence-corrected chi connectivity index (χ1v) is 5.16. The highest BCUT2D eigenvalue weighted by Crippen LogP contribution is 2.45. The van der Waals surface area contributed by atoms with Crippen molar-refractivity contribution >= 4 is 0 Å². The number of nitrogens with two attached hydrogens (primary N) is 1. The first kappa shape index (κ1) is 15.7. The van der Waals surface area contributed by atoms with Gasteiger partial charge in [0.1, 0.15) is 0 Å². The van der Waals surface area contributed by atoms with Crippen LogP contribution in [0.3, 0.4) is 0 Å². The fraction of sp³-hybridized carbons (Fsp3) is 0.778. The Morgan fingerprint density at radius 1 is 1.16 bits per heavy atom. The highest BCUT2D eigenvalue weighted by Gasteiger charge is 2.61. The van der Waals surface area contributed by atoms with Crippen molar-refractivity contribution < 1.29 is 30.9 Å². The second-order valence-electron chi connectivity index (χ2n) is 4.24. The molecule has 10 heteroatoms. The van der Waals surface area contributed by atoms with E-state index in [1.165, 1.54) is 6.92 Å². The summed E-state index contributed by atoms with van der Waals surface area (Å²) in [6, 6.07) is 0. The second-order valence-corrected chi connectivity index (χ2v) is 4.24. The molecule has 1 heterocycles. The Bertz CT molecular complexity index is 422. The highest BCUT2D eigenvalue weighted by molar-refractivity contribution is 5.06. The lowest BCUT2D eigenvalue weighted by atomic mass is 10.00. The maximum Gasteiger partial charge on any atom is 0.409 e. The van der Waals surface area contributed by atoms with Gasteiger partial charge in [-0.25, -0.2) is 0 Å². The van der Waals surface area contributed by atoms with Crippen LogP contribution in [-0.2, 0) is 5.54 Å². The molecule has 1 aromatic heterocycles. The van der Waals surface area contributed by atoms with E-state index < -0.39 is 35.5 Å². The van der Waals surface area contributed by atoms with Gasteiger partial charge in [0.15, 0.2) is 5.82 Å². The van der Waals surface area contributed by atoms with Crippen molar-refractivity contribution in [3.05, 3.63) is 11.7 Å². The molecule has 0 spiro atoms. The molecule has 0 saturated carbocycles. The fourth-order valence-corrected chi connectivity index (χ4v) is 1.21. The Balaban J connectivity index is 3.21. The number of hydrogen-bond donors (Lipinski definition) is 1. The van der Waals surface area contributed by atoms with Crippen molar-refractivity contribution in [3.8, 4) is 0 Å². The molecule has 0 fully saturated rings. The minimum absolute atomic E-state index is 0.217. The van der Waals surface area contributed by atoms with Gasteiger partial charge < -0.3 is 10.3 Å². The molecule has 0 saturated heterocycles. The number of aromatic nitrogens is 2. The molecule has 1 atom stereocenters. The highest BCUT2D eigenvalue weighted by atomic mass is 19.4. The molecule has 0 aliphatic heterocycles. The van der Waals surface area contributed by atoms with Gasteiger partial charge in [-0.1, -0.05) is 12.1 Å². The molecule has 0 aliphatic carbocycles. The minimum atomic E-state index is -5.57. The third kappa shape index (κ3) is 3.37. The van der Waals surface area contributed by atoms with Crippen LogP contribution in [0.1, 0.15) is 37.9 Å². The van der Waals surface area contributed by atoms with Gasteiger partial charge in [0.05, 0.1) is 5.54 Å². The first-order valence-electron chi connectivity index (χ1n) is 5.16. The zero-order valence-electron chi connectivity index (χ0n) is 9.93. The predicted molar refractivity (Wildman–Crippen MR) is 51.0 cm³/mol. The summed E-state index contributed by atoms with van der Waals surface area (Å²) < 4.78 is 78.5. The van der Waals surface area contributed by atoms with E-state index in [0.29, 0.717) is 0 Å². The Morgan fingerprint density at radius 2 is 1.63 bits per heavy atom. The van der Waals surface area contributed by atoms with Crippen LogP contribution in [0.4, 0.5) is 26.3 Å². The minimum Gasteiger partial charge on any atom is -0.338 e. The zero-order valence-corrected chi connectivity index (χ0v) is 9.93. The van der Waals surface area contributed by atoms with E-state index in [1.807, 2.05) is 0 Å². The van der Waals surface area contributed by atoms with Gasteiger partial charge >= 0.3 is 12.4 Å². The van der Waals surface area contributed by atoms with Crippen LogP contribution < -0.4 is 5.73 Å². The molecule has 0 aromatic carbocycles. The summed E-state index contributed by atoms with van der Waals surface area (Å²) >= 11 is 0. The summed E-state index contributed by atoms with van der Waals surface area (Å²) in [7, 11) is 0. The Labute approximate surface area is 104 Å². The summed E-state index contributed by atoms with van der Waals surface area (Å²) in [6.07, 6.45) is -10.9. The van der Waals surface area contributed by atoms with E-state index in [1.54, 1.807) is 6.92 Å². The van der Waals surface area contributed by atoms with Gasteiger partial charge in [-0.15, -0.1) is 0 Å². The third-order valence-electron chi connectivity index (χ3n) is 2.59. The van der Waals surface area contributed by atoms with Crippen LogP contribution in [0.25, 0.3) is 0 Å². The molecule has 1 aromatic rings. The normalized spacial score (nSPS) is 16.7. The first-order chi connectivity index (χ1) is 8.39. The number of hydrogen-bond acceptors (Lipinski definition) is 4. The lowest BCUT2D eigenvalue weighted by Crippen LogP contribution is -2.35. The average molecular weight is 291 g/mol. The van der Waals surface area contributed by atoms with Crippen molar-refractivity contribution in [2.75, 3.05) is 0 Å². The molecule has 0 radical (unpaired) electrons. The van der Waals surface area contributed by atoms with Crippen LogP contribution in [0, 0.1) is 0 Å². The maximum absolute atomic E-state index is 12.4. The van der Waals surface area contributed by atoms with Crippen LogP contribution in [-0.4, -0.2) is 22.5 Å². The number of halogens is 6. The lowest BCUT2D eigenvalue weighted by Gasteiger charge is -2.19. The lowest BCUT2D eigenvalue weighted by molar-refractivity contribution is -0.259. The Kier molecular flexibility index (Phi) is 3.86. The molecule has 1 rings (SSSR count). The molecule has 0 bridgehead atoms. The topological polar surface area (TPSA) is 64.9 Å². The van der Waals surface area contributed by atoms with E-state index in [0.717, 1.165) is 0 Å². The molecule has 0 amide bonds. The Morgan fingerprint density at radius 3 is 2.00 bits per heavy atom. The third-order valence-corrected chi connectivity index (χ3v) is 2.59. The Hall–Kier alpha value is -1.32. The van der Waals surface area contributed by atoms with Gasteiger partial charge in [0.2, 0.25) is 11.8 Å². The average Bonchev–Trinajstić information content (AvgIpc) is 2.62. The van der Waals surface area contributed by atoms with E-state index >= 15 is 0 Å². The van der Waals surface area contributed by atoms with Crippen LogP contribution in [0.2, 0.25) is 0 Å². The van der Waals surface area contributed by atoms with E-state index in [4.69, 9.17) is 5.73 Å². The fourth-order valence-electron chi connectivity index (χ4n) is 1.21. The van der Waals surface area contributed by atoms with E-state index in [2.05, 4.69) is 14.7 Å². The number of alkyl halides is 6. The van der Waals surface area contributed by atoms with Gasteiger partial charge in [0.25, 0.3) is 0 Å². The molecule has 4 nitrogen and oxygen atoms in total. The molecule has 19 heavy (non-hydrogen) atoms. The molecular formula is C9H11F6N3O. The molecular weight excluding hydrogens is 280 g/mol. The monoisotopic (exact) mass is 291 g/mol. The standard InChI is InChI=1S/C9H11F6N3O/c1-3-7(2,16)6-17-5(19-18-6)4(8(10,11)12)9(13,14)15/h4H,3,16H2,1-2H3. The van der Waals surface area contributed by atoms with Crippen LogP contribution in [0.5, 0.6) is 0 Å². The quantitative estimate of drug-likeness (QED) is 0.870. The largest absolute Gasteiger partial charge is 0.409 e. The van der Waals surface area contributed by atoms with Crippen molar-refractivity contribution in [1.82, 2.24) is 10.1 Å². The molecule has 0 aliphatic rings. The van der Waals surface area contributed by atoms with Crippen molar-refractivity contribution in [2.24, 2.45) is 5.73 Å². The smallest absolute Gasteiger partial charge is 0.338 e. The molecule has 110 valence electrons. The number of nitrogens with zero attached hydrogens (tertiary/aromatic N) is 2. The molecule has 1 unspecified atom stereocenters. The van der Waals surface area contributed by atoms with Gasteiger partial charge in [-0.3, -0.25) is 0 Å². The molecule has 2 N–H and O–H groups in total. The SMILES string of the molecule is CCC(C)(N)c1noc(C(C(F)(F)F)C(F)(F)F)n1. The zero-order chi connectivity index (χ0) is 15.1. The second kappa shape index (κ2) is 4.66. The number of rotatable bonds is 3. The summed E-state index contributed by atoms with van der Waals surface area (Å²) in [5.41, 5.74) is 4.36.